The van der Waals surface area contributed by atoms with Crippen LogP contribution < -0.4 is 4.74 Å². The van der Waals surface area contributed by atoms with Crippen LogP contribution in [0.1, 0.15) is 5.56 Å². The highest BCUT2D eigenvalue weighted by atomic mass is 19.4. The van der Waals surface area contributed by atoms with Gasteiger partial charge in [-0.15, -0.1) is 13.2 Å². The molecular formula is C7H2F3N3O3. The molecule has 0 radical (unpaired) electrons. The fraction of sp³-hybridized carbons (Fsp3) is 0.143. The lowest BCUT2D eigenvalue weighted by molar-refractivity contribution is -0.389. The van der Waals surface area contributed by atoms with Gasteiger partial charge in [-0.1, -0.05) is 0 Å². The summed E-state index contributed by atoms with van der Waals surface area (Å²) in [5, 5.41) is 18.7. The van der Waals surface area contributed by atoms with Gasteiger partial charge in [0, 0.05) is 0 Å². The topological polar surface area (TPSA) is 89.0 Å². The van der Waals surface area contributed by atoms with Crippen LogP contribution in [0.15, 0.2) is 12.3 Å². The zero-order valence-corrected chi connectivity index (χ0v) is 7.35. The molecule has 1 rings (SSSR count). The van der Waals surface area contributed by atoms with Crippen LogP contribution in [-0.2, 0) is 0 Å². The summed E-state index contributed by atoms with van der Waals surface area (Å²) in [5.41, 5.74) is -0.612. The van der Waals surface area contributed by atoms with E-state index in [9.17, 15) is 23.3 Å². The van der Waals surface area contributed by atoms with Gasteiger partial charge in [0.1, 0.15) is 11.6 Å². The van der Waals surface area contributed by atoms with Gasteiger partial charge in [-0.2, -0.15) is 5.26 Å². The van der Waals surface area contributed by atoms with Gasteiger partial charge in [0.15, 0.2) is 11.9 Å². The number of nitriles is 1. The van der Waals surface area contributed by atoms with Gasteiger partial charge < -0.3 is 14.9 Å². The van der Waals surface area contributed by atoms with E-state index in [2.05, 4.69) is 9.72 Å². The number of aromatic nitrogens is 1. The van der Waals surface area contributed by atoms with Gasteiger partial charge in [-0.05, 0) is 9.91 Å². The lowest BCUT2D eigenvalue weighted by atomic mass is 10.2. The summed E-state index contributed by atoms with van der Waals surface area (Å²) >= 11 is 0. The molecule has 0 saturated heterocycles. The van der Waals surface area contributed by atoms with Crippen molar-refractivity contribution in [2.45, 2.75) is 6.36 Å². The summed E-state index contributed by atoms with van der Waals surface area (Å²) < 4.78 is 38.9. The second-order valence-corrected chi connectivity index (χ2v) is 2.46. The molecule has 1 aromatic rings. The van der Waals surface area contributed by atoms with Gasteiger partial charge in [0.2, 0.25) is 0 Å². The highest BCUT2D eigenvalue weighted by molar-refractivity contribution is 5.45. The van der Waals surface area contributed by atoms with Crippen molar-refractivity contribution in [1.82, 2.24) is 4.98 Å². The number of pyridine rings is 1. The minimum atomic E-state index is -4.98. The first kappa shape index (κ1) is 11.7. The fourth-order valence-corrected chi connectivity index (χ4v) is 0.825. The highest BCUT2D eigenvalue weighted by Crippen LogP contribution is 2.26. The van der Waals surface area contributed by atoms with Crippen LogP contribution in [0.2, 0.25) is 0 Å². The lowest BCUT2D eigenvalue weighted by Crippen LogP contribution is -2.18. The Kier molecular flexibility index (Phi) is 2.94. The molecule has 0 fully saturated rings. The summed E-state index contributed by atoms with van der Waals surface area (Å²) in [6, 6.07) is 1.94. The fourth-order valence-electron chi connectivity index (χ4n) is 0.825. The first-order valence-electron chi connectivity index (χ1n) is 3.64. The highest BCUT2D eigenvalue weighted by Gasteiger charge is 2.33. The predicted molar refractivity (Wildman–Crippen MR) is 42.3 cm³/mol. The third kappa shape index (κ3) is 2.81. The van der Waals surface area contributed by atoms with Crippen molar-refractivity contribution in [2.24, 2.45) is 0 Å². The third-order valence-corrected chi connectivity index (χ3v) is 1.39. The maximum atomic E-state index is 11.8. The Morgan fingerprint density at radius 3 is 2.62 bits per heavy atom. The van der Waals surface area contributed by atoms with Crippen molar-refractivity contribution < 1.29 is 22.8 Å². The average Bonchev–Trinajstić information content (AvgIpc) is 2.15. The molecule has 0 unspecified atom stereocenters. The van der Waals surface area contributed by atoms with Gasteiger partial charge in [-0.3, -0.25) is 0 Å². The zero-order valence-electron chi connectivity index (χ0n) is 7.35. The Morgan fingerprint density at radius 1 is 1.56 bits per heavy atom. The number of hydrogen-bond acceptors (Lipinski definition) is 5. The van der Waals surface area contributed by atoms with Gasteiger partial charge >= 0.3 is 12.2 Å². The second kappa shape index (κ2) is 4.01. The molecule has 0 bridgehead atoms. The Morgan fingerprint density at radius 2 is 2.19 bits per heavy atom. The molecule has 84 valence electrons. The number of hydrogen-bond donors (Lipinski definition) is 0. The van der Waals surface area contributed by atoms with E-state index in [1.165, 1.54) is 6.07 Å². The minimum absolute atomic E-state index is 0.476. The summed E-state index contributed by atoms with van der Waals surface area (Å²) in [6.07, 6.45) is -4.51. The largest absolute Gasteiger partial charge is 0.573 e. The maximum absolute atomic E-state index is 11.8. The van der Waals surface area contributed by atoms with Gasteiger partial charge in [-0.25, -0.2) is 0 Å². The van der Waals surface area contributed by atoms with E-state index in [1.54, 1.807) is 0 Å². The SMILES string of the molecule is N#Cc1cc([N+](=O)[O-])ncc1OC(F)(F)F. The number of nitro groups is 1. The Hall–Kier alpha value is -2.37. The molecule has 0 aliphatic carbocycles. The van der Waals surface area contributed by atoms with Crippen molar-refractivity contribution >= 4 is 5.82 Å². The van der Waals surface area contributed by atoms with Crippen LogP contribution in [0.3, 0.4) is 0 Å². The van der Waals surface area contributed by atoms with Crippen LogP contribution in [0.5, 0.6) is 5.75 Å². The Balaban J connectivity index is 3.14. The van der Waals surface area contributed by atoms with E-state index in [1.807, 2.05) is 0 Å². The van der Waals surface area contributed by atoms with Crippen molar-refractivity contribution in [1.29, 1.82) is 5.26 Å². The minimum Gasteiger partial charge on any atom is -0.400 e. The molecule has 6 nitrogen and oxygen atoms in total. The Labute approximate surface area is 86.0 Å². The van der Waals surface area contributed by atoms with Gasteiger partial charge in [0.25, 0.3) is 0 Å². The molecule has 0 atom stereocenters. The molecule has 1 heterocycles. The van der Waals surface area contributed by atoms with E-state index in [-0.39, 0.29) is 0 Å². The molecule has 0 N–H and O–H groups in total. The molecular weight excluding hydrogens is 231 g/mol. The summed E-state index contributed by atoms with van der Waals surface area (Å²) in [4.78, 5) is 12.4. The molecule has 0 spiro atoms. The van der Waals surface area contributed by atoms with E-state index < -0.39 is 28.4 Å². The number of rotatable bonds is 2. The molecule has 0 aliphatic rings. The Bertz CT molecular complexity index is 466. The van der Waals surface area contributed by atoms with Crippen LogP contribution in [-0.4, -0.2) is 16.3 Å². The molecule has 9 heteroatoms. The van der Waals surface area contributed by atoms with Crippen molar-refractivity contribution in [2.75, 3.05) is 0 Å². The second-order valence-electron chi connectivity index (χ2n) is 2.46. The third-order valence-electron chi connectivity index (χ3n) is 1.39. The molecule has 1 aromatic heterocycles. The number of nitrogens with zero attached hydrogens (tertiary/aromatic N) is 3. The van der Waals surface area contributed by atoms with Crippen molar-refractivity contribution in [3.8, 4) is 11.8 Å². The smallest absolute Gasteiger partial charge is 0.400 e. The summed E-state index contributed by atoms with van der Waals surface area (Å²) in [6.45, 7) is 0. The number of alkyl halides is 3. The molecule has 0 saturated carbocycles. The monoisotopic (exact) mass is 233 g/mol. The van der Waals surface area contributed by atoms with Gasteiger partial charge in [0.05, 0.1) is 6.07 Å². The zero-order chi connectivity index (χ0) is 12.3. The maximum Gasteiger partial charge on any atom is 0.573 e. The van der Waals surface area contributed by atoms with Crippen LogP contribution >= 0.6 is 0 Å². The molecule has 0 aliphatic heterocycles. The molecule has 16 heavy (non-hydrogen) atoms. The van der Waals surface area contributed by atoms with E-state index >= 15 is 0 Å². The lowest BCUT2D eigenvalue weighted by Gasteiger charge is -2.07. The number of halogens is 3. The van der Waals surface area contributed by atoms with E-state index in [0.29, 0.717) is 12.3 Å². The van der Waals surface area contributed by atoms with E-state index in [4.69, 9.17) is 5.26 Å². The first-order valence-corrected chi connectivity index (χ1v) is 3.64. The quantitative estimate of drug-likeness (QED) is 0.573. The van der Waals surface area contributed by atoms with Crippen LogP contribution in [0.25, 0.3) is 0 Å². The first-order chi connectivity index (χ1) is 7.33. The van der Waals surface area contributed by atoms with Crippen molar-refractivity contribution in [3.63, 3.8) is 0 Å². The van der Waals surface area contributed by atoms with E-state index in [0.717, 1.165) is 0 Å². The average molecular weight is 233 g/mol. The summed E-state index contributed by atoms with van der Waals surface area (Å²) in [5.74, 6) is -1.60. The molecule has 0 aromatic carbocycles. The number of ether oxygens (including phenoxy) is 1. The molecule has 0 amide bonds. The van der Waals surface area contributed by atoms with Crippen molar-refractivity contribution in [3.05, 3.63) is 27.9 Å². The summed E-state index contributed by atoms with van der Waals surface area (Å²) in [7, 11) is 0. The normalized spacial score (nSPS) is 10.6. The predicted octanol–water partition coefficient (Wildman–Crippen LogP) is 1.76. The van der Waals surface area contributed by atoms with Crippen LogP contribution in [0.4, 0.5) is 19.0 Å². The van der Waals surface area contributed by atoms with Crippen LogP contribution in [0, 0.1) is 21.4 Å². The standard InChI is InChI=1S/C7H2F3N3O3/c8-7(9,10)16-5-3-12-6(13(14)15)1-4(5)2-11/h1,3H.